The number of carboxylic acids is 1. The zero-order chi connectivity index (χ0) is 49.6. The molecule has 14 heteroatoms. The minimum Gasteiger partial charge on any atom is -0.481 e. The van der Waals surface area contributed by atoms with Crippen molar-refractivity contribution in [3.05, 3.63) is 110 Å². The molecule has 1 N–H and O–H groups in total. The van der Waals surface area contributed by atoms with Crippen molar-refractivity contribution < 1.29 is 67.1 Å². The largest absolute Gasteiger partial charge is 0.481 e. The van der Waals surface area contributed by atoms with Gasteiger partial charge in [0, 0.05) is 23.6 Å². The Hall–Kier alpha value is -5.89. The number of fused-ring (bicyclic) bond motifs is 5. The van der Waals surface area contributed by atoms with Crippen LogP contribution in [0.5, 0.6) is 0 Å². The molecule has 2 aromatic rings. The summed E-state index contributed by atoms with van der Waals surface area (Å²) in [7, 11) is 0. The molecular weight excluding hydrogens is 873 g/mol. The van der Waals surface area contributed by atoms with E-state index in [2.05, 4.69) is 19.7 Å². The number of hydrogen-bond acceptors (Lipinski definition) is 13. The predicted octanol–water partition coefficient (Wildman–Crippen LogP) is 8.18. The van der Waals surface area contributed by atoms with E-state index in [-0.39, 0.29) is 37.9 Å². The lowest BCUT2D eigenvalue weighted by Crippen LogP contribution is -2.49. The summed E-state index contributed by atoms with van der Waals surface area (Å²) < 4.78 is 34.0. The van der Waals surface area contributed by atoms with Gasteiger partial charge in [0.1, 0.15) is 45.1 Å². The Bertz CT molecular complexity index is 2070. The molecule has 3 saturated carbocycles. The Kier molecular flexibility index (Phi) is 18.7. The fourth-order valence-corrected chi connectivity index (χ4v) is 11.0. The number of carboxylic acid groups (broad SMARTS) is 1. The number of carbonyl (C=O) groups excluding carboxylic acids is 6. The normalized spacial score (nSPS) is 22.4. The molecule has 0 radical (unpaired) electrons. The van der Waals surface area contributed by atoms with Crippen LogP contribution < -0.4 is 0 Å². The molecule has 10 unspecified atom stereocenters. The highest BCUT2D eigenvalue weighted by atomic mass is 16.6. The quantitative estimate of drug-likeness (QED) is 0.0487. The number of Topliss-reactive ketones (excluding diaryl/α,β-unsaturated/α-hetero) is 1. The van der Waals surface area contributed by atoms with E-state index < -0.39 is 96.2 Å². The Balaban J connectivity index is 1.46. The van der Waals surface area contributed by atoms with Crippen molar-refractivity contribution in [2.75, 3.05) is 33.0 Å². The van der Waals surface area contributed by atoms with Crippen LogP contribution >= 0.6 is 0 Å². The first kappa shape index (κ1) is 53.1. The highest BCUT2D eigenvalue weighted by Gasteiger charge is 2.56. The van der Waals surface area contributed by atoms with Gasteiger partial charge in [0.15, 0.2) is 5.78 Å². The number of rotatable bonds is 28. The first-order chi connectivity index (χ1) is 32.4. The Morgan fingerprint density at radius 3 is 1.81 bits per heavy atom. The van der Waals surface area contributed by atoms with E-state index in [0.29, 0.717) is 29.7 Å². The number of ketones is 1. The van der Waals surface area contributed by atoms with Crippen molar-refractivity contribution in [2.45, 2.75) is 97.7 Å². The third kappa shape index (κ3) is 13.0. The summed E-state index contributed by atoms with van der Waals surface area (Å²) in [5.74, 6) is -7.56. The highest BCUT2D eigenvalue weighted by molar-refractivity contribution is 5.89. The molecule has 68 heavy (non-hydrogen) atoms. The van der Waals surface area contributed by atoms with E-state index in [1.54, 1.807) is 30.3 Å². The maximum absolute atomic E-state index is 14.8. The van der Waals surface area contributed by atoms with Gasteiger partial charge >= 0.3 is 35.8 Å². The van der Waals surface area contributed by atoms with E-state index in [0.717, 1.165) is 42.6 Å². The third-order valence-corrected chi connectivity index (χ3v) is 15.0. The molecule has 5 rings (SSSR count). The molecule has 10 atom stereocenters. The van der Waals surface area contributed by atoms with Crippen LogP contribution in [0.3, 0.4) is 0 Å². The molecule has 0 aliphatic heterocycles. The maximum Gasteiger partial charge on any atom is 0.330 e. The van der Waals surface area contributed by atoms with Crippen molar-refractivity contribution in [1.29, 1.82) is 0 Å². The Labute approximate surface area is 399 Å². The van der Waals surface area contributed by atoms with Crippen LogP contribution in [0.15, 0.2) is 98.6 Å². The summed E-state index contributed by atoms with van der Waals surface area (Å²) in [6, 6.07) is 18.1. The van der Waals surface area contributed by atoms with E-state index in [4.69, 9.17) is 28.4 Å². The topological polar surface area (TPSA) is 195 Å². The summed E-state index contributed by atoms with van der Waals surface area (Å²) in [5, 5.41) is 11.1. The standard InChI is InChI=1S/C54H68O14/c1-8-45(56)65-31-54(32-66-46(57)9-2,33-67-47(58)10-3)34-68-50(61)35(5)48(49(59)60)53(7,51(62)64-29-36-19-14-12-15-20-36)28-39(37-21-16-13-17-22-37)27-52(6,11-4)44(55)30-63-43-26-38-25-42(43)41-24-18-23-40(38)41/h8-10,12-17,19-22,35,38-43,48H,1-3,11,18,23-34H2,4-7H3,(H,59,60). The number of esters is 5. The number of ether oxygens (including phenoxy) is 6. The molecule has 3 aliphatic carbocycles. The average molecular weight is 941 g/mol. The van der Waals surface area contributed by atoms with Crippen LogP contribution in [-0.4, -0.2) is 85.8 Å². The van der Waals surface area contributed by atoms with Gasteiger partial charge in [0.05, 0.1) is 23.4 Å². The van der Waals surface area contributed by atoms with E-state index in [1.165, 1.54) is 33.1 Å². The first-order valence-corrected chi connectivity index (χ1v) is 23.6. The number of aliphatic carboxylic acids is 1. The molecule has 0 heterocycles. The summed E-state index contributed by atoms with van der Waals surface area (Å²) in [4.78, 5) is 93.9. The van der Waals surface area contributed by atoms with Gasteiger partial charge in [0.2, 0.25) is 0 Å². The van der Waals surface area contributed by atoms with Crippen molar-refractivity contribution in [2.24, 2.45) is 51.8 Å². The molecule has 0 aromatic heterocycles. The summed E-state index contributed by atoms with van der Waals surface area (Å²) in [6.45, 7) is 13.9. The molecule has 2 bridgehead atoms. The summed E-state index contributed by atoms with van der Waals surface area (Å²) >= 11 is 0. The van der Waals surface area contributed by atoms with Gasteiger partial charge in [-0.15, -0.1) is 0 Å². The average Bonchev–Trinajstić information content (AvgIpc) is 4.10. The van der Waals surface area contributed by atoms with Crippen LogP contribution in [0.2, 0.25) is 0 Å². The van der Waals surface area contributed by atoms with Crippen molar-refractivity contribution in [3.63, 3.8) is 0 Å². The monoisotopic (exact) mass is 940 g/mol. The van der Waals surface area contributed by atoms with Gasteiger partial charge in [-0.25, -0.2) is 14.4 Å². The first-order valence-electron chi connectivity index (χ1n) is 23.6. The third-order valence-electron chi connectivity index (χ3n) is 15.0. The van der Waals surface area contributed by atoms with Crippen LogP contribution in [0.25, 0.3) is 0 Å². The lowest BCUT2D eigenvalue weighted by Gasteiger charge is -2.40. The molecule has 0 amide bonds. The molecule has 0 spiro atoms. The second-order valence-electron chi connectivity index (χ2n) is 19.5. The van der Waals surface area contributed by atoms with Gasteiger partial charge in [-0.05, 0) is 92.6 Å². The lowest BCUT2D eigenvalue weighted by molar-refractivity contribution is -0.179. The van der Waals surface area contributed by atoms with Crippen LogP contribution in [-0.2, 0) is 68.6 Å². The van der Waals surface area contributed by atoms with Crippen LogP contribution in [0, 0.1) is 51.8 Å². The fourth-order valence-electron chi connectivity index (χ4n) is 11.0. The van der Waals surface area contributed by atoms with E-state index >= 15 is 0 Å². The molecule has 3 aliphatic rings. The van der Waals surface area contributed by atoms with E-state index in [9.17, 15) is 38.7 Å². The Morgan fingerprint density at radius 1 is 0.721 bits per heavy atom. The molecule has 14 nitrogen and oxygen atoms in total. The molecule has 368 valence electrons. The second-order valence-corrected chi connectivity index (χ2v) is 19.5. The minimum absolute atomic E-state index is 0.0474. The number of benzene rings is 2. The van der Waals surface area contributed by atoms with Crippen LogP contribution in [0.1, 0.15) is 96.1 Å². The van der Waals surface area contributed by atoms with Gasteiger partial charge in [-0.2, -0.15) is 0 Å². The van der Waals surface area contributed by atoms with Crippen molar-refractivity contribution >= 4 is 41.6 Å². The van der Waals surface area contributed by atoms with Crippen molar-refractivity contribution in [1.82, 2.24) is 0 Å². The SMILES string of the molecule is C=CC(=O)OCC(COC(=O)C=C)(COC(=O)C=C)COC(=O)C(C)C(C(=O)O)C(C)(CC(CC(C)(CC)C(=O)COC1CC2CC1C1CCCC21)c1ccccc1)C(=O)OCc1ccccc1. The van der Waals surface area contributed by atoms with Crippen molar-refractivity contribution in [3.8, 4) is 0 Å². The van der Waals surface area contributed by atoms with Gasteiger partial charge in [-0.1, -0.05) is 108 Å². The smallest absolute Gasteiger partial charge is 0.330 e. The highest BCUT2D eigenvalue weighted by Crippen LogP contribution is 2.59. The van der Waals surface area contributed by atoms with Crippen LogP contribution in [0.4, 0.5) is 0 Å². The zero-order valence-corrected chi connectivity index (χ0v) is 39.9. The van der Waals surface area contributed by atoms with E-state index in [1.807, 2.05) is 44.2 Å². The second kappa shape index (κ2) is 23.9. The number of carbonyl (C=O) groups is 7. The number of hydrogen-bond donors (Lipinski definition) is 1. The molecule has 0 saturated heterocycles. The Morgan fingerprint density at radius 2 is 1.26 bits per heavy atom. The summed E-state index contributed by atoms with van der Waals surface area (Å²) in [5.41, 5.74) is -3.20. The maximum atomic E-state index is 14.8. The van der Waals surface area contributed by atoms with Gasteiger partial charge in [0.25, 0.3) is 0 Å². The fraction of sp³-hybridized carbons (Fsp3) is 0.537. The molecule has 2 aromatic carbocycles. The summed E-state index contributed by atoms with van der Waals surface area (Å²) in [6.07, 6.45) is 9.07. The van der Waals surface area contributed by atoms with Gasteiger partial charge in [-0.3, -0.25) is 19.2 Å². The zero-order valence-electron chi connectivity index (χ0n) is 39.9. The lowest BCUT2D eigenvalue weighted by atomic mass is 9.63. The molecular formula is C54H68O14. The molecule has 3 fully saturated rings. The predicted molar refractivity (Wildman–Crippen MR) is 250 cm³/mol. The minimum atomic E-state index is -1.94. The van der Waals surface area contributed by atoms with Gasteiger partial charge < -0.3 is 33.5 Å².